The summed E-state index contributed by atoms with van der Waals surface area (Å²) in [5.41, 5.74) is 0. The van der Waals surface area contributed by atoms with Gasteiger partial charge in [-0.1, -0.05) is 0 Å². The number of halogens is 1. The van der Waals surface area contributed by atoms with Gasteiger partial charge in [0.25, 0.3) is 0 Å². The van der Waals surface area contributed by atoms with Crippen LogP contribution in [0.25, 0.3) is 0 Å². The molecular weight excluding hydrogens is 281 g/mol. The molecule has 5 unspecified atom stereocenters. The first-order valence-corrected chi connectivity index (χ1v) is 5.74. The van der Waals surface area contributed by atoms with Crippen molar-refractivity contribution in [3.8, 4) is 0 Å². The summed E-state index contributed by atoms with van der Waals surface area (Å²) < 4.78 is 16.9. The van der Waals surface area contributed by atoms with Crippen molar-refractivity contribution >= 4 is 6.03 Å². The predicted molar refractivity (Wildman–Crippen MR) is 60.8 cm³/mol. The number of carbonyl (C=O) groups is 1. The molecule has 0 bridgehead atoms. The van der Waals surface area contributed by atoms with Gasteiger partial charge in [0.1, 0.15) is 31.0 Å². The van der Waals surface area contributed by atoms with Crippen LogP contribution in [0.4, 0.5) is 9.18 Å². The van der Waals surface area contributed by atoms with Crippen molar-refractivity contribution in [1.82, 2.24) is 10.3 Å². The van der Waals surface area contributed by atoms with Crippen molar-refractivity contribution in [2.45, 2.75) is 30.6 Å². The summed E-state index contributed by atoms with van der Waals surface area (Å²) in [6.45, 7) is -2.27. The number of alkyl halides is 1. The summed E-state index contributed by atoms with van der Waals surface area (Å²) in [5, 5.41) is 42.2. The summed E-state index contributed by atoms with van der Waals surface area (Å²) in [6.07, 6.45) is -6.17. The largest absolute Gasteiger partial charge is 0.394 e. The van der Waals surface area contributed by atoms with Crippen LogP contribution in [0.15, 0.2) is 5.29 Å². The average Bonchev–Trinajstić information content (AvgIpc) is 2.44. The predicted octanol–water partition coefficient (Wildman–Crippen LogP) is -2.55. The minimum atomic E-state index is -1.73. The molecule has 11 heteroatoms. The molecule has 0 spiro atoms. The van der Waals surface area contributed by atoms with E-state index in [-0.39, 0.29) is 5.01 Å². The fraction of sp³-hybridized carbons (Fsp3) is 0.889. The number of rotatable bonds is 5. The first-order valence-electron chi connectivity index (χ1n) is 5.74. The Balaban J connectivity index is 2.70. The molecule has 1 heterocycles. The first-order chi connectivity index (χ1) is 9.46. The van der Waals surface area contributed by atoms with Crippen molar-refractivity contribution in [3.05, 3.63) is 4.91 Å². The number of aliphatic hydroxyl groups excluding tert-OH is 4. The number of urea groups is 1. The van der Waals surface area contributed by atoms with E-state index < -0.39 is 56.5 Å². The number of hydrogen-bond donors (Lipinski definition) is 5. The van der Waals surface area contributed by atoms with Gasteiger partial charge < -0.3 is 30.5 Å². The molecule has 0 aromatic heterocycles. The van der Waals surface area contributed by atoms with E-state index in [1.54, 1.807) is 0 Å². The normalized spacial score (nSPS) is 33.5. The highest BCUT2D eigenvalue weighted by molar-refractivity contribution is 5.74. The summed E-state index contributed by atoms with van der Waals surface area (Å²) >= 11 is 0. The van der Waals surface area contributed by atoms with Crippen LogP contribution in [0.1, 0.15) is 0 Å². The molecule has 2 amide bonds. The topological polar surface area (TPSA) is 152 Å². The molecule has 1 aliphatic heterocycles. The maximum Gasteiger partial charge on any atom is 0.340 e. The average molecular weight is 297 g/mol. The SMILES string of the molecule is O=NN(CCF)C(=O)NC1C(O)OC(CO)C(O)C1O. The highest BCUT2D eigenvalue weighted by atomic mass is 19.1. The van der Waals surface area contributed by atoms with Gasteiger partial charge in [-0.15, -0.1) is 4.91 Å². The monoisotopic (exact) mass is 297 g/mol. The molecule has 1 fully saturated rings. The third-order valence-electron chi connectivity index (χ3n) is 2.82. The van der Waals surface area contributed by atoms with Gasteiger partial charge >= 0.3 is 6.03 Å². The van der Waals surface area contributed by atoms with Gasteiger partial charge in [0.05, 0.1) is 18.4 Å². The molecule has 5 atom stereocenters. The van der Waals surface area contributed by atoms with Crippen LogP contribution in [-0.2, 0) is 4.74 Å². The third kappa shape index (κ3) is 3.58. The van der Waals surface area contributed by atoms with Crippen molar-refractivity contribution in [3.63, 3.8) is 0 Å². The molecule has 5 N–H and O–H groups in total. The lowest BCUT2D eigenvalue weighted by atomic mass is 9.97. The maximum absolute atomic E-state index is 12.1. The van der Waals surface area contributed by atoms with Gasteiger partial charge in [0.2, 0.25) is 0 Å². The van der Waals surface area contributed by atoms with E-state index in [0.717, 1.165) is 0 Å². The number of nitrogens with zero attached hydrogens (tertiary/aromatic N) is 2. The Kier molecular flexibility index (Phi) is 6.16. The second-order valence-corrected chi connectivity index (χ2v) is 4.10. The highest BCUT2D eigenvalue weighted by Crippen LogP contribution is 2.19. The van der Waals surface area contributed by atoms with E-state index in [0.29, 0.717) is 0 Å². The van der Waals surface area contributed by atoms with E-state index in [2.05, 4.69) is 5.29 Å². The number of carbonyl (C=O) groups excluding carboxylic acids is 1. The number of hydrogen-bond acceptors (Lipinski definition) is 8. The number of nitrogens with one attached hydrogen (secondary N) is 1. The van der Waals surface area contributed by atoms with Crippen LogP contribution < -0.4 is 5.32 Å². The van der Waals surface area contributed by atoms with Crippen molar-refractivity contribution < 1.29 is 34.3 Å². The highest BCUT2D eigenvalue weighted by Gasteiger charge is 2.44. The van der Waals surface area contributed by atoms with E-state index >= 15 is 0 Å². The van der Waals surface area contributed by atoms with Crippen molar-refractivity contribution in [2.24, 2.45) is 5.29 Å². The fourth-order valence-corrected chi connectivity index (χ4v) is 1.73. The fourth-order valence-electron chi connectivity index (χ4n) is 1.73. The summed E-state index contributed by atoms with van der Waals surface area (Å²) in [4.78, 5) is 21.8. The van der Waals surface area contributed by atoms with Gasteiger partial charge in [-0.3, -0.25) is 0 Å². The van der Waals surface area contributed by atoms with Crippen LogP contribution in [0.5, 0.6) is 0 Å². The molecule has 1 aliphatic rings. The molecule has 0 aromatic rings. The van der Waals surface area contributed by atoms with Crippen LogP contribution in [-0.4, -0.2) is 81.9 Å². The van der Waals surface area contributed by atoms with Gasteiger partial charge in [0, 0.05) is 0 Å². The Morgan fingerprint density at radius 2 is 2.00 bits per heavy atom. The van der Waals surface area contributed by atoms with Crippen molar-refractivity contribution in [1.29, 1.82) is 0 Å². The van der Waals surface area contributed by atoms with E-state index in [4.69, 9.17) is 9.84 Å². The third-order valence-corrected chi connectivity index (χ3v) is 2.82. The minimum Gasteiger partial charge on any atom is -0.394 e. The Bertz CT molecular complexity index is 348. The second-order valence-electron chi connectivity index (χ2n) is 4.10. The standard InChI is InChI=1S/C9H16FN3O7/c10-1-2-13(12-19)9(18)11-5-7(16)6(15)4(3-14)20-8(5)17/h4-8,14-17H,1-3H2,(H,11,18). The van der Waals surface area contributed by atoms with E-state index in [9.17, 15) is 29.4 Å². The van der Waals surface area contributed by atoms with Gasteiger partial charge in [-0.2, -0.15) is 5.01 Å². The summed E-state index contributed by atoms with van der Waals surface area (Å²) in [7, 11) is 0. The molecule has 20 heavy (non-hydrogen) atoms. The molecule has 116 valence electrons. The van der Waals surface area contributed by atoms with Crippen molar-refractivity contribution in [2.75, 3.05) is 19.8 Å². The van der Waals surface area contributed by atoms with Crippen LogP contribution in [0.3, 0.4) is 0 Å². The molecule has 0 saturated carbocycles. The Labute approximate surface area is 112 Å². The molecule has 1 saturated heterocycles. The van der Waals surface area contributed by atoms with Gasteiger partial charge in [-0.25, -0.2) is 9.18 Å². The molecule has 0 aliphatic carbocycles. The zero-order chi connectivity index (χ0) is 15.3. The molecular formula is C9H16FN3O7. The molecule has 10 nitrogen and oxygen atoms in total. The number of ether oxygens (including phenoxy) is 1. The number of nitroso groups, excluding NO2 is 1. The van der Waals surface area contributed by atoms with Crippen LogP contribution in [0, 0.1) is 4.91 Å². The Morgan fingerprint density at radius 1 is 1.35 bits per heavy atom. The van der Waals surface area contributed by atoms with Gasteiger partial charge in [0.15, 0.2) is 6.29 Å². The number of amides is 2. The smallest absolute Gasteiger partial charge is 0.340 e. The molecule has 1 rings (SSSR count). The van der Waals surface area contributed by atoms with Crippen LogP contribution >= 0.6 is 0 Å². The van der Waals surface area contributed by atoms with Crippen LogP contribution in [0.2, 0.25) is 0 Å². The quantitative estimate of drug-likeness (QED) is 0.276. The van der Waals surface area contributed by atoms with Gasteiger partial charge in [-0.05, 0) is 0 Å². The number of aliphatic hydroxyl groups is 4. The molecule has 0 aromatic carbocycles. The lowest BCUT2D eigenvalue weighted by Gasteiger charge is -2.40. The summed E-state index contributed by atoms with van der Waals surface area (Å²) in [6, 6.07) is -2.64. The van der Waals surface area contributed by atoms with E-state index in [1.165, 1.54) is 0 Å². The lowest BCUT2D eigenvalue weighted by Crippen LogP contribution is -2.65. The lowest BCUT2D eigenvalue weighted by molar-refractivity contribution is -0.252. The molecule has 0 radical (unpaired) electrons. The minimum absolute atomic E-state index is 0.212. The van der Waals surface area contributed by atoms with E-state index in [1.807, 2.05) is 5.32 Å². The Morgan fingerprint density at radius 3 is 2.50 bits per heavy atom. The summed E-state index contributed by atoms with van der Waals surface area (Å²) in [5.74, 6) is 0. The zero-order valence-electron chi connectivity index (χ0n) is 10.3. The Hall–Kier alpha value is -1.40. The first kappa shape index (κ1) is 16.7. The zero-order valence-corrected chi connectivity index (χ0v) is 10.3. The maximum atomic E-state index is 12.1. The second kappa shape index (κ2) is 7.40.